The molecule has 0 heterocycles. The van der Waals surface area contributed by atoms with Crippen molar-refractivity contribution in [3.8, 4) is 11.1 Å². The molecule has 0 aliphatic heterocycles. The van der Waals surface area contributed by atoms with Crippen LogP contribution in [-0.4, -0.2) is 6.21 Å². The average molecular weight is 327 g/mol. The van der Waals surface area contributed by atoms with Crippen LogP contribution in [-0.2, 0) is 0 Å². The zero-order valence-electron chi connectivity index (χ0n) is 14.2. The van der Waals surface area contributed by atoms with E-state index >= 15 is 0 Å². The molecule has 0 saturated heterocycles. The van der Waals surface area contributed by atoms with Crippen LogP contribution >= 0.6 is 0 Å². The minimum atomic E-state index is -0.893. The van der Waals surface area contributed by atoms with Gasteiger partial charge in [-0.25, -0.2) is 8.78 Å². The number of benzene rings is 2. The fraction of sp³-hybridized carbons (Fsp3) is 0.381. The van der Waals surface area contributed by atoms with Crippen molar-refractivity contribution in [3.05, 3.63) is 53.6 Å². The normalized spacial score (nSPS) is 21.3. The second kappa shape index (κ2) is 7.25. The lowest BCUT2D eigenvalue weighted by Gasteiger charge is -2.26. The van der Waals surface area contributed by atoms with E-state index in [1.165, 1.54) is 43.5 Å². The van der Waals surface area contributed by atoms with Crippen LogP contribution in [0.1, 0.15) is 51.0 Å². The first-order valence-corrected chi connectivity index (χ1v) is 8.67. The molecule has 1 saturated carbocycles. The lowest BCUT2D eigenvalue weighted by Crippen LogP contribution is -2.10. The van der Waals surface area contributed by atoms with Crippen molar-refractivity contribution in [1.82, 2.24) is 0 Å². The van der Waals surface area contributed by atoms with Crippen molar-refractivity contribution in [3.63, 3.8) is 0 Å². The van der Waals surface area contributed by atoms with Crippen molar-refractivity contribution in [1.29, 1.82) is 0 Å². The largest absolute Gasteiger partial charge is 0.258 e. The number of hydrogen-bond acceptors (Lipinski definition) is 1. The van der Waals surface area contributed by atoms with Gasteiger partial charge in [0.1, 0.15) is 5.69 Å². The molecule has 0 aromatic heterocycles. The minimum Gasteiger partial charge on any atom is -0.258 e. The summed E-state index contributed by atoms with van der Waals surface area (Å²) in [5.41, 5.74) is 2.32. The third kappa shape index (κ3) is 3.40. The fourth-order valence-electron chi connectivity index (χ4n) is 3.53. The first-order valence-electron chi connectivity index (χ1n) is 8.67. The van der Waals surface area contributed by atoms with Gasteiger partial charge in [-0.15, -0.1) is 0 Å². The minimum absolute atomic E-state index is 0.0340. The second-order valence-electron chi connectivity index (χ2n) is 6.73. The molecule has 0 atom stereocenters. The van der Waals surface area contributed by atoms with E-state index < -0.39 is 11.6 Å². The van der Waals surface area contributed by atoms with Gasteiger partial charge in [-0.3, -0.25) is 4.99 Å². The maximum atomic E-state index is 14.3. The maximum Gasteiger partial charge on any atom is 0.184 e. The predicted molar refractivity (Wildman–Crippen MR) is 96.0 cm³/mol. The second-order valence-corrected chi connectivity index (χ2v) is 6.73. The molecule has 0 unspecified atom stereocenters. The molecule has 0 bridgehead atoms. The van der Waals surface area contributed by atoms with Gasteiger partial charge in [-0.2, -0.15) is 0 Å². The van der Waals surface area contributed by atoms with E-state index in [9.17, 15) is 8.78 Å². The molecule has 2 aromatic rings. The van der Waals surface area contributed by atoms with Crippen LogP contribution in [0.4, 0.5) is 14.5 Å². The summed E-state index contributed by atoms with van der Waals surface area (Å²) in [5, 5.41) is 0. The van der Waals surface area contributed by atoms with Gasteiger partial charge in [-0.1, -0.05) is 44.0 Å². The van der Waals surface area contributed by atoms with E-state index in [4.69, 9.17) is 0 Å². The standard InChI is InChI=1S/C21H23F2N/c1-3-24-19-13-12-18(20(22)21(19)23)17-10-8-16(9-11-17)15-6-4-14(2)5-7-15/h3,8-15H,4-7H2,1-2H3. The summed E-state index contributed by atoms with van der Waals surface area (Å²) in [4.78, 5) is 3.84. The van der Waals surface area contributed by atoms with Gasteiger partial charge in [0.05, 0.1) is 0 Å². The molecule has 3 rings (SSSR count). The Hall–Kier alpha value is -2.03. The lowest BCUT2D eigenvalue weighted by atomic mass is 9.79. The SMILES string of the molecule is CC=Nc1ccc(-c2ccc(C3CCC(C)CC3)cc2)c(F)c1F. The highest BCUT2D eigenvalue weighted by Gasteiger charge is 2.20. The molecular weight excluding hydrogens is 304 g/mol. The monoisotopic (exact) mass is 327 g/mol. The number of nitrogens with zero attached hydrogens (tertiary/aromatic N) is 1. The van der Waals surface area contributed by atoms with Gasteiger partial charge in [0.15, 0.2) is 11.6 Å². The summed E-state index contributed by atoms with van der Waals surface area (Å²) >= 11 is 0. The highest BCUT2D eigenvalue weighted by atomic mass is 19.2. The van der Waals surface area contributed by atoms with E-state index in [2.05, 4.69) is 24.0 Å². The molecule has 0 amide bonds. The fourth-order valence-corrected chi connectivity index (χ4v) is 3.53. The molecule has 0 radical (unpaired) electrons. The van der Waals surface area contributed by atoms with Crippen LogP contribution in [0.25, 0.3) is 11.1 Å². The summed E-state index contributed by atoms with van der Waals surface area (Å²) in [5.74, 6) is -0.312. The lowest BCUT2D eigenvalue weighted by molar-refractivity contribution is 0.348. The topological polar surface area (TPSA) is 12.4 Å². The van der Waals surface area contributed by atoms with Gasteiger partial charge < -0.3 is 0 Å². The zero-order valence-corrected chi connectivity index (χ0v) is 14.2. The summed E-state index contributed by atoms with van der Waals surface area (Å²) in [6, 6.07) is 11.0. The molecule has 24 heavy (non-hydrogen) atoms. The smallest absolute Gasteiger partial charge is 0.184 e. The quantitative estimate of drug-likeness (QED) is 0.560. The Morgan fingerprint density at radius 1 is 0.917 bits per heavy atom. The Morgan fingerprint density at radius 2 is 1.58 bits per heavy atom. The van der Waals surface area contributed by atoms with Gasteiger partial charge in [0.2, 0.25) is 0 Å². The van der Waals surface area contributed by atoms with Crippen LogP contribution in [0.15, 0.2) is 41.4 Å². The molecule has 0 spiro atoms. The Labute approximate surface area is 142 Å². The number of hydrogen-bond donors (Lipinski definition) is 0. The first kappa shape index (κ1) is 16.8. The molecule has 126 valence electrons. The summed E-state index contributed by atoms with van der Waals surface area (Å²) < 4.78 is 28.4. The van der Waals surface area contributed by atoms with Gasteiger partial charge in [-0.05, 0) is 54.9 Å². The van der Waals surface area contributed by atoms with Crippen LogP contribution in [0.5, 0.6) is 0 Å². The Bertz CT molecular complexity index is 726. The van der Waals surface area contributed by atoms with Gasteiger partial charge in [0, 0.05) is 11.8 Å². The first-order chi connectivity index (χ1) is 11.6. The van der Waals surface area contributed by atoms with E-state index in [1.54, 1.807) is 13.0 Å². The van der Waals surface area contributed by atoms with Crippen molar-refractivity contribution < 1.29 is 8.78 Å². The highest BCUT2D eigenvalue weighted by Crippen LogP contribution is 2.37. The van der Waals surface area contributed by atoms with E-state index in [0.29, 0.717) is 11.5 Å². The number of aliphatic imine (C=N–C) groups is 1. The highest BCUT2D eigenvalue weighted by molar-refractivity contribution is 5.69. The van der Waals surface area contributed by atoms with Gasteiger partial charge in [0.25, 0.3) is 0 Å². The summed E-state index contributed by atoms with van der Waals surface area (Å²) in [6.45, 7) is 3.98. The molecule has 1 fully saturated rings. The Kier molecular flexibility index (Phi) is 5.08. The van der Waals surface area contributed by atoms with Crippen molar-refractivity contribution >= 4 is 11.9 Å². The van der Waals surface area contributed by atoms with E-state index in [-0.39, 0.29) is 11.3 Å². The average Bonchev–Trinajstić information content (AvgIpc) is 2.60. The van der Waals surface area contributed by atoms with Crippen molar-refractivity contribution in [2.45, 2.75) is 45.4 Å². The van der Waals surface area contributed by atoms with Gasteiger partial charge >= 0.3 is 0 Å². The van der Waals surface area contributed by atoms with E-state index in [1.807, 2.05) is 12.1 Å². The molecule has 3 heteroatoms. The van der Waals surface area contributed by atoms with Crippen LogP contribution in [0, 0.1) is 17.6 Å². The third-order valence-corrected chi connectivity index (χ3v) is 5.04. The van der Waals surface area contributed by atoms with Crippen LogP contribution in [0.3, 0.4) is 0 Å². The molecule has 0 N–H and O–H groups in total. The molecule has 1 aliphatic carbocycles. The number of halogens is 2. The third-order valence-electron chi connectivity index (χ3n) is 5.04. The van der Waals surface area contributed by atoms with Crippen molar-refractivity contribution in [2.24, 2.45) is 10.9 Å². The molecule has 1 nitrogen and oxygen atoms in total. The molecular formula is C21H23F2N. The van der Waals surface area contributed by atoms with Crippen LogP contribution < -0.4 is 0 Å². The molecule has 2 aromatic carbocycles. The van der Waals surface area contributed by atoms with E-state index in [0.717, 1.165) is 5.92 Å². The van der Waals surface area contributed by atoms with Crippen molar-refractivity contribution in [2.75, 3.05) is 0 Å². The number of rotatable bonds is 3. The Morgan fingerprint density at radius 3 is 2.21 bits per heavy atom. The molecule has 1 aliphatic rings. The predicted octanol–water partition coefficient (Wildman–Crippen LogP) is 6.65. The summed E-state index contributed by atoms with van der Waals surface area (Å²) in [6.07, 6.45) is 6.43. The Balaban J connectivity index is 1.85. The summed E-state index contributed by atoms with van der Waals surface area (Å²) in [7, 11) is 0. The zero-order chi connectivity index (χ0) is 17.1. The van der Waals surface area contributed by atoms with Crippen LogP contribution in [0.2, 0.25) is 0 Å². The maximum absolute atomic E-state index is 14.3.